The van der Waals surface area contributed by atoms with E-state index in [1.165, 1.54) is 0 Å². The summed E-state index contributed by atoms with van der Waals surface area (Å²) < 4.78 is 11.8. The van der Waals surface area contributed by atoms with Crippen LogP contribution in [-0.4, -0.2) is 24.8 Å². The number of Topliss-reactive ketones (excluding diaryl/α,β-unsaturated/α-hetero) is 1. The molecule has 0 aromatic heterocycles. The van der Waals surface area contributed by atoms with E-state index >= 15 is 0 Å². The predicted octanol–water partition coefficient (Wildman–Crippen LogP) is 2.64. The highest BCUT2D eigenvalue weighted by Crippen LogP contribution is 2.78. The van der Waals surface area contributed by atoms with Crippen molar-refractivity contribution in [3.63, 3.8) is 0 Å². The van der Waals surface area contributed by atoms with Gasteiger partial charge in [-0.2, -0.15) is 0 Å². The van der Waals surface area contributed by atoms with Gasteiger partial charge in [0.2, 0.25) is 0 Å². The van der Waals surface area contributed by atoms with E-state index in [0.29, 0.717) is 36.8 Å². The summed E-state index contributed by atoms with van der Waals surface area (Å²) in [5.74, 6) is 1.55. The van der Waals surface area contributed by atoms with Crippen molar-refractivity contribution in [3.8, 4) is 0 Å². The van der Waals surface area contributed by atoms with Crippen LogP contribution in [0.3, 0.4) is 0 Å². The Bertz CT molecular complexity index is 449. The molecular formula is C16H24O3. The van der Waals surface area contributed by atoms with Crippen LogP contribution < -0.4 is 0 Å². The van der Waals surface area contributed by atoms with E-state index in [0.717, 1.165) is 12.8 Å². The first kappa shape index (κ1) is 12.3. The molecule has 1 saturated heterocycles. The van der Waals surface area contributed by atoms with Crippen molar-refractivity contribution in [2.75, 3.05) is 13.2 Å². The first-order valence-electron chi connectivity index (χ1n) is 7.64. The van der Waals surface area contributed by atoms with Crippen LogP contribution in [0.4, 0.5) is 0 Å². The Kier molecular flexibility index (Phi) is 2.11. The molecule has 4 rings (SSSR count). The van der Waals surface area contributed by atoms with Gasteiger partial charge in [-0.3, -0.25) is 4.79 Å². The third-order valence-corrected chi connectivity index (χ3v) is 6.91. The second-order valence-corrected chi connectivity index (χ2v) is 8.01. The second kappa shape index (κ2) is 3.25. The lowest BCUT2D eigenvalue weighted by Gasteiger charge is -2.50. The number of hydrogen-bond acceptors (Lipinski definition) is 3. The maximum atomic E-state index is 12.8. The number of hydrogen-bond donors (Lipinski definition) is 0. The lowest BCUT2D eigenvalue weighted by molar-refractivity contribution is -0.221. The highest BCUT2D eigenvalue weighted by atomic mass is 16.7. The SMILES string of the molecule is C[C@@H]1CC2(CC3C(=O)C4[C@H](C4(C)C)[C@]31C)OCCO2. The van der Waals surface area contributed by atoms with Crippen LogP contribution in [0, 0.1) is 34.5 Å². The zero-order valence-corrected chi connectivity index (χ0v) is 12.4. The molecule has 0 bridgehead atoms. The maximum Gasteiger partial charge on any atom is 0.169 e. The fraction of sp³-hybridized carbons (Fsp3) is 0.938. The summed E-state index contributed by atoms with van der Waals surface area (Å²) in [7, 11) is 0. The van der Waals surface area contributed by atoms with Crippen molar-refractivity contribution < 1.29 is 14.3 Å². The van der Waals surface area contributed by atoms with E-state index in [1.54, 1.807) is 0 Å². The average molecular weight is 264 g/mol. The minimum absolute atomic E-state index is 0.150. The fourth-order valence-corrected chi connectivity index (χ4v) is 5.85. The van der Waals surface area contributed by atoms with Gasteiger partial charge in [-0.1, -0.05) is 27.7 Å². The molecule has 3 saturated carbocycles. The molecule has 1 heterocycles. The van der Waals surface area contributed by atoms with Gasteiger partial charge < -0.3 is 9.47 Å². The fourth-order valence-electron chi connectivity index (χ4n) is 5.85. The summed E-state index contributed by atoms with van der Waals surface area (Å²) in [6, 6.07) is 0. The standard InChI is InChI=1S/C16H24O3/c1-9-7-16(18-5-6-19-16)8-10-12(17)11-13(14(11,2)3)15(9,10)4/h9-11,13H,5-8H2,1-4H3/t9-,10?,11?,13-,15+/m1/s1. The summed E-state index contributed by atoms with van der Waals surface area (Å²) in [4.78, 5) is 12.8. The molecule has 0 aromatic rings. The Morgan fingerprint density at radius 3 is 2.37 bits per heavy atom. The van der Waals surface area contributed by atoms with E-state index in [-0.39, 0.29) is 16.7 Å². The predicted molar refractivity (Wildman–Crippen MR) is 70.4 cm³/mol. The Morgan fingerprint density at radius 1 is 1.11 bits per heavy atom. The molecule has 4 aliphatic rings. The summed E-state index contributed by atoms with van der Waals surface area (Å²) in [5.41, 5.74) is 0.379. The summed E-state index contributed by atoms with van der Waals surface area (Å²) in [5, 5.41) is 0. The highest BCUT2D eigenvalue weighted by molar-refractivity contribution is 5.92. The second-order valence-electron chi connectivity index (χ2n) is 8.01. The van der Waals surface area contributed by atoms with Gasteiger partial charge in [0.05, 0.1) is 13.2 Å². The number of ether oxygens (including phenoxy) is 2. The van der Waals surface area contributed by atoms with Gasteiger partial charge >= 0.3 is 0 Å². The topological polar surface area (TPSA) is 35.5 Å². The van der Waals surface area contributed by atoms with Crippen LogP contribution in [0.15, 0.2) is 0 Å². The molecule has 0 radical (unpaired) electrons. The Morgan fingerprint density at radius 2 is 1.74 bits per heavy atom. The van der Waals surface area contributed by atoms with Gasteiger partial charge in [-0.25, -0.2) is 0 Å². The maximum absolute atomic E-state index is 12.8. The number of rotatable bonds is 0. The van der Waals surface area contributed by atoms with Crippen molar-refractivity contribution in [1.82, 2.24) is 0 Å². The molecule has 1 spiro atoms. The number of fused-ring (bicyclic) bond motifs is 3. The quantitative estimate of drug-likeness (QED) is 0.674. The average Bonchev–Trinajstić information content (AvgIpc) is 2.65. The zero-order chi connectivity index (χ0) is 13.6. The molecule has 19 heavy (non-hydrogen) atoms. The van der Waals surface area contributed by atoms with Gasteiger partial charge in [-0.05, 0) is 22.7 Å². The first-order valence-corrected chi connectivity index (χ1v) is 7.64. The molecular weight excluding hydrogens is 240 g/mol. The molecule has 1 aliphatic heterocycles. The van der Waals surface area contributed by atoms with Gasteiger partial charge in [0.1, 0.15) is 5.78 Å². The van der Waals surface area contributed by atoms with Crippen LogP contribution in [0.25, 0.3) is 0 Å². The summed E-state index contributed by atoms with van der Waals surface area (Å²) in [6.45, 7) is 10.5. The molecule has 106 valence electrons. The highest BCUT2D eigenvalue weighted by Gasteiger charge is 2.79. The van der Waals surface area contributed by atoms with Gasteiger partial charge in [0, 0.05) is 24.7 Å². The van der Waals surface area contributed by atoms with Gasteiger partial charge in [-0.15, -0.1) is 0 Å². The van der Waals surface area contributed by atoms with Crippen LogP contribution in [-0.2, 0) is 14.3 Å². The third-order valence-electron chi connectivity index (χ3n) is 6.91. The van der Waals surface area contributed by atoms with E-state index in [4.69, 9.17) is 9.47 Å². The van der Waals surface area contributed by atoms with Crippen LogP contribution in [0.5, 0.6) is 0 Å². The van der Waals surface area contributed by atoms with Crippen LogP contribution in [0.2, 0.25) is 0 Å². The minimum atomic E-state index is -0.444. The lowest BCUT2D eigenvalue weighted by Crippen LogP contribution is -2.51. The van der Waals surface area contributed by atoms with Gasteiger partial charge in [0.15, 0.2) is 5.79 Å². The van der Waals surface area contributed by atoms with Crippen LogP contribution in [0.1, 0.15) is 40.5 Å². The number of carbonyl (C=O) groups excluding carboxylic acids is 1. The number of ketones is 1. The molecule has 4 fully saturated rings. The monoisotopic (exact) mass is 264 g/mol. The van der Waals surface area contributed by atoms with Crippen molar-refractivity contribution >= 4 is 5.78 Å². The van der Waals surface area contributed by atoms with Crippen molar-refractivity contribution in [2.45, 2.75) is 46.3 Å². The normalized spacial score (nSPS) is 53.2. The lowest BCUT2D eigenvalue weighted by atomic mass is 9.57. The Hall–Kier alpha value is -0.410. The third kappa shape index (κ3) is 1.25. The largest absolute Gasteiger partial charge is 0.348 e. The van der Waals surface area contributed by atoms with Crippen molar-refractivity contribution in [3.05, 3.63) is 0 Å². The molecule has 2 unspecified atom stereocenters. The van der Waals surface area contributed by atoms with Crippen molar-refractivity contribution in [2.24, 2.45) is 34.5 Å². The Balaban J connectivity index is 1.72. The van der Waals surface area contributed by atoms with E-state index in [2.05, 4.69) is 27.7 Å². The smallest absolute Gasteiger partial charge is 0.169 e. The molecule has 3 aliphatic carbocycles. The molecule has 3 heteroatoms. The van der Waals surface area contributed by atoms with E-state index in [1.807, 2.05) is 0 Å². The van der Waals surface area contributed by atoms with Gasteiger partial charge in [0.25, 0.3) is 0 Å². The molecule has 0 aromatic carbocycles. The molecule has 5 atom stereocenters. The molecule has 0 N–H and O–H groups in total. The Labute approximate surface area is 115 Å². The molecule has 0 amide bonds. The van der Waals surface area contributed by atoms with E-state index < -0.39 is 5.79 Å². The van der Waals surface area contributed by atoms with Crippen molar-refractivity contribution in [1.29, 1.82) is 0 Å². The van der Waals surface area contributed by atoms with E-state index in [9.17, 15) is 4.79 Å². The number of carbonyl (C=O) groups is 1. The summed E-state index contributed by atoms with van der Waals surface area (Å²) >= 11 is 0. The first-order chi connectivity index (χ1) is 8.83. The minimum Gasteiger partial charge on any atom is -0.348 e. The zero-order valence-electron chi connectivity index (χ0n) is 12.4. The summed E-state index contributed by atoms with van der Waals surface area (Å²) in [6.07, 6.45) is 1.74. The van der Waals surface area contributed by atoms with Crippen LogP contribution >= 0.6 is 0 Å². The molecule has 3 nitrogen and oxygen atoms in total.